The highest BCUT2D eigenvalue weighted by atomic mass is 19.1. The first-order valence-corrected chi connectivity index (χ1v) is 6.55. The van der Waals surface area contributed by atoms with Crippen LogP contribution in [0.2, 0.25) is 0 Å². The lowest BCUT2D eigenvalue weighted by molar-refractivity contribution is -0.131. The quantitative estimate of drug-likeness (QED) is 0.556. The van der Waals surface area contributed by atoms with Gasteiger partial charge in [-0.25, -0.2) is 4.39 Å². The first-order chi connectivity index (χ1) is 9.67. The smallest absolute Gasteiger partial charge is 0.223 e. The van der Waals surface area contributed by atoms with Crippen LogP contribution in [-0.4, -0.2) is 42.2 Å². The van der Waals surface area contributed by atoms with Crippen molar-refractivity contribution in [2.24, 2.45) is 0 Å². The van der Waals surface area contributed by atoms with Crippen molar-refractivity contribution < 1.29 is 19.0 Å². The van der Waals surface area contributed by atoms with Gasteiger partial charge < -0.3 is 14.7 Å². The van der Waals surface area contributed by atoms with Crippen molar-refractivity contribution in [3.8, 4) is 5.75 Å². The van der Waals surface area contributed by atoms with Gasteiger partial charge in [-0.05, 0) is 30.7 Å². The van der Waals surface area contributed by atoms with Gasteiger partial charge in [-0.15, -0.1) is 6.58 Å². The number of hydrogen-bond acceptors (Lipinski definition) is 3. The van der Waals surface area contributed by atoms with Gasteiger partial charge in [-0.2, -0.15) is 0 Å². The molecule has 1 N–H and O–H groups in total. The predicted molar refractivity (Wildman–Crippen MR) is 75.0 cm³/mol. The normalized spacial score (nSPS) is 10.1. The maximum atomic E-state index is 12.7. The number of benzene rings is 1. The molecule has 110 valence electrons. The lowest BCUT2D eigenvalue weighted by Gasteiger charge is -2.19. The zero-order valence-electron chi connectivity index (χ0n) is 11.4. The van der Waals surface area contributed by atoms with E-state index in [9.17, 15) is 9.18 Å². The van der Waals surface area contributed by atoms with Gasteiger partial charge in [0.25, 0.3) is 0 Å². The second-order valence-electron chi connectivity index (χ2n) is 4.26. The van der Waals surface area contributed by atoms with Crippen LogP contribution in [0.25, 0.3) is 0 Å². The first-order valence-electron chi connectivity index (χ1n) is 6.55. The van der Waals surface area contributed by atoms with Crippen molar-refractivity contribution in [1.82, 2.24) is 4.90 Å². The Morgan fingerprint density at radius 3 is 2.70 bits per heavy atom. The largest absolute Gasteiger partial charge is 0.494 e. The Bertz CT molecular complexity index is 420. The topological polar surface area (TPSA) is 49.8 Å². The Balaban J connectivity index is 2.26. The first kappa shape index (κ1) is 16.2. The lowest BCUT2D eigenvalue weighted by atomic mass is 10.2. The molecule has 0 aliphatic heterocycles. The molecule has 5 heteroatoms. The summed E-state index contributed by atoms with van der Waals surface area (Å²) in [6, 6.07) is 5.75. The summed E-state index contributed by atoms with van der Waals surface area (Å²) < 4.78 is 18.1. The molecule has 0 heterocycles. The van der Waals surface area contributed by atoms with Crippen molar-refractivity contribution in [2.75, 3.05) is 26.3 Å². The number of hydrogen-bond donors (Lipinski definition) is 1. The van der Waals surface area contributed by atoms with Gasteiger partial charge in [0.15, 0.2) is 0 Å². The summed E-state index contributed by atoms with van der Waals surface area (Å²) in [5.74, 6) is 0.232. The Morgan fingerprint density at radius 1 is 1.40 bits per heavy atom. The molecule has 0 aliphatic rings. The lowest BCUT2D eigenvalue weighted by Crippen LogP contribution is -2.33. The maximum absolute atomic E-state index is 12.7. The molecule has 1 rings (SSSR count). The molecule has 0 aliphatic carbocycles. The molecular weight excluding hydrogens is 261 g/mol. The fraction of sp³-hybridized carbons (Fsp3) is 0.400. The molecular formula is C15H20FNO3. The number of rotatable bonds is 9. The third-order valence-electron chi connectivity index (χ3n) is 2.69. The summed E-state index contributed by atoms with van der Waals surface area (Å²) in [6.07, 6.45) is 2.53. The molecule has 1 aromatic carbocycles. The highest BCUT2D eigenvalue weighted by Crippen LogP contribution is 2.11. The average Bonchev–Trinajstić information content (AvgIpc) is 2.45. The van der Waals surface area contributed by atoms with E-state index in [1.807, 2.05) is 0 Å². The fourth-order valence-electron chi connectivity index (χ4n) is 1.70. The van der Waals surface area contributed by atoms with Crippen LogP contribution in [0.15, 0.2) is 36.9 Å². The summed E-state index contributed by atoms with van der Waals surface area (Å²) in [4.78, 5) is 13.4. The third kappa shape index (κ3) is 5.84. The van der Waals surface area contributed by atoms with Crippen LogP contribution in [0.4, 0.5) is 4.39 Å². The van der Waals surface area contributed by atoms with E-state index in [0.717, 1.165) is 0 Å². The van der Waals surface area contributed by atoms with Gasteiger partial charge in [-0.3, -0.25) is 4.79 Å². The van der Waals surface area contributed by atoms with Gasteiger partial charge in [0.1, 0.15) is 11.6 Å². The van der Waals surface area contributed by atoms with E-state index in [1.54, 1.807) is 23.1 Å². The van der Waals surface area contributed by atoms with Crippen LogP contribution in [0, 0.1) is 5.82 Å². The molecule has 1 amide bonds. The summed E-state index contributed by atoms with van der Waals surface area (Å²) in [5.41, 5.74) is 0. The molecule has 0 saturated heterocycles. The second-order valence-corrected chi connectivity index (χ2v) is 4.26. The summed E-state index contributed by atoms with van der Waals surface area (Å²) in [5, 5.41) is 8.87. The number of halogens is 1. The minimum atomic E-state index is -0.309. The number of ether oxygens (including phenoxy) is 1. The predicted octanol–water partition coefficient (Wildman–Crippen LogP) is 1.99. The minimum Gasteiger partial charge on any atom is -0.494 e. The third-order valence-corrected chi connectivity index (χ3v) is 2.69. The number of carbonyl (C=O) groups excluding carboxylic acids is 1. The SMILES string of the molecule is C=CCN(CCO)C(=O)CCCOc1ccc(F)cc1. The van der Waals surface area contributed by atoms with E-state index in [4.69, 9.17) is 9.84 Å². The number of nitrogens with zero attached hydrogens (tertiary/aromatic N) is 1. The molecule has 0 bridgehead atoms. The van der Waals surface area contributed by atoms with E-state index in [1.165, 1.54) is 12.1 Å². The summed E-state index contributed by atoms with van der Waals surface area (Å²) in [6.45, 7) is 4.64. The molecule has 4 nitrogen and oxygen atoms in total. The van der Waals surface area contributed by atoms with Crippen molar-refractivity contribution >= 4 is 5.91 Å². The maximum Gasteiger partial charge on any atom is 0.223 e. The monoisotopic (exact) mass is 281 g/mol. The zero-order chi connectivity index (χ0) is 14.8. The molecule has 0 atom stereocenters. The van der Waals surface area contributed by atoms with Crippen LogP contribution in [0.3, 0.4) is 0 Å². The van der Waals surface area contributed by atoms with Gasteiger partial charge >= 0.3 is 0 Å². The fourth-order valence-corrected chi connectivity index (χ4v) is 1.70. The molecule has 0 radical (unpaired) electrons. The Kier molecular flexibility index (Phi) is 7.35. The minimum absolute atomic E-state index is 0.0401. The molecule has 0 fully saturated rings. The van der Waals surface area contributed by atoms with Crippen LogP contribution in [0.1, 0.15) is 12.8 Å². The standard InChI is InChI=1S/C15H20FNO3/c1-2-9-17(10-11-18)15(19)4-3-12-20-14-7-5-13(16)6-8-14/h2,5-8,18H,1,3-4,9-12H2. The molecule has 0 spiro atoms. The second kappa shape index (κ2) is 9.09. The van der Waals surface area contributed by atoms with Crippen molar-refractivity contribution in [3.05, 3.63) is 42.7 Å². The molecule has 0 aromatic heterocycles. The van der Waals surface area contributed by atoms with Gasteiger partial charge in [0.05, 0.1) is 13.2 Å². The molecule has 20 heavy (non-hydrogen) atoms. The Hall–Kier alpha value is -1.88. The van der Waals surface area contributed by atoms with Crippen molar-refractivity contribution in [1.29, 1.82) is 0 Å². The van der Waals surface area contributed by atoms with Crippen molar-refractivity contribution in [2.45, 2.75) is 12.8 Å². The van der Waals surface area contributed by atoms with E-state index in [0.29, 0.717) is 38.3 Å². The van der Waals surface area contributed by atoms with Crippen LogP contribution < -0.4 is 4.74 Å². The number of carbonyl (C=O) groups is 1. The zero-order valence-corrected chi connectivity index (χ0v) is 11.4. The molecule has 1 aromatic rings. The van der Waals surface area contributed by atoms with Crippen molar-refractivity contribution in [3.63, 3.8) is 0 Å². The van der Waals surface area contributed by atoms with E-state index < -0.39 is 0 Å². The molecule has 0 saturated carbocycles. The van der Waals surface area contributed by atoms with Gasteiger partial charge in [0.2, 0.25) is 5.91 Å². The highest BCUT2D eigenvalue weighted by molar-refractivity contribution is 5.76. The number of aliphatic hydroxyl groups is 1. The average molecular weight is 281 g/mol. The summed E-state index contributed by atoms with van der Waals surface area (Å²) in [7, 11) is 0. The highest BCUT2D eigenvalue weighted by Gasteiger charge is 2.10. The van der Waals surface area contributed by atoms with Crippen LogP contribution in [-0.2, 0) is 4.79 Å². The van der Waals surface area contributed by atoms with Crippen LogP contribution in [0.5, 0.6) is 5.75 Å². The van der Waals surface area contributed by atoms with Crippen LogP contribution >= 0.6 is 0 Å². The van der Waals surface area contributed by atoms with Gasteiger partial charge in [0, 0.05) is 19.5 Å². The Labute approximate surface area is 118 Å². The van der Waals surface area contributed by atoms with E-state index in [2.05, 4.69) is 6.58 Å². The Morgan fingerprint density at radius 2 is 2.10 bits per heavy atom. The number of aliphatic hydroxyl groups excluding tert-OH is 1. The number of amides is 1. The van der Waals surface area contributed by atoms with Gasteiger partial charge in [-0.1, -0.05) is 6.08 Å². The summed E-state index contributed by atoms with van der Waals surface area (Å²) >= 11 is 0. The van der Waals surface area contributed by atoms with E-state index in [-0.39, 0.29) is 18.3 Å². The molecule has 0 unspecified atom stereocenters. The van der Waals surface area contributed by atoms with E-state index >= 15 is 0 Å².